The van der Waals surface area contributed by atoms with Crippen LogP contribution in [-0.4, -0.2) is 27.7 Å². The summed E-state index contributed by atoms with van der Waals surface area (Å²) in [6, 6.07) is 11.6. The van der Waals surface area contributed by atoms with Crippen molar-refractivity contribution < 1.29 is 14.4 Å². The van der Waals surface area contributed by atoms with Crippen molar-refractivity contribution in [1.29, 1.82) is 0 Å². The molecule has 1 aromatic heterocycles. The second-order valence-electron chi connectivity index (χ2n) is 5.30. The van der Waals surface area contributed by atoms with E-state index in [2.05, 4.69) is 25.9 Å². The van der Waals surface area contributed by atoms with Crippen LogP contribution in [0.3, 0.4) is 0 Å². The maximum absolute atomic E-state index is 12.0. The molecule has 0 bridgehead atoms. The Morgan fingerprint density at radius 2 is 1.52 bits per heavy atom. The first-order valence-electron chi connectivity index (χ1n) is 7.44. The molecule has 0 unspecified atom stereocenters. The molecule has 0 fully saturated rings. The van der Waals surface area contributed by atoms with Crippen LogP contribution in [0.2, 0.25) is 0 Å². The molecule has 0 aliphatic rings. The summed E-state index contributed by atoms with van der Waals surface area (Å²) in [6.45, 7) is 1.38. The highest BCUT2D eigenvalue weighted by molar-refractivity contribution is 6.43. The van der Waals surface area contributed by atoms with Crippen molar-refractivity contribution in [2.45, 2.75) is 6.92 Å². The first-order valence-corrected chi connectivity index (χ1v) is 7.44. The zero-order valence-electron chi connectivity index (χ0n) is 13.3. The number of H-pyrrole nitrogens is 1. The maximum atomic E-state index is 12.0. The molecule has 0 radical (unpaired) electrons. The Balaban J connectivity index is 1.66. The van der Waals surface area contributed by atoms with Gasteiger partial charge in [0.2, 0.25) is 5.91 Å². The van der Waals surface area contributed by atoms with E-state index < -0.39 is 11.8 Å². The predicted molar refractivity (Wildman–Crippen MR) is 94.1 cm³/mol. The summed E-state index contributed by atoms with van der Waals surface area (Å²) in [5.74, 6) is -1.84. The van der Waals surface area contributed by atoms with Crippen LogP contribution in [0.4, 0.5) is 17.1 Å². The summed E-state index contributed by atoms with van der Waals surface area (Å²) in [4.78, 5) is 42.1. The fourth-order valence-electron chi connectivity index (χ4n) is 2.27. The quantitative estimate of drug-likeness (QED) is 0.548. The Morgan fingerprint density at radius 3 is 2.20 bits per heavy atom. The highest BCUT2D eigenvalue weighted by atomic mass is 16.2. The Bertz CT molecular complexity index is 964. The van der Waals surface area contributed by atoms with Crippen molar-refractivity contribution in [1.82, 2.24) is 9.97 Å². The van der Waals surface area contributed by atoms with E-state index in [1.54, 1.807) is 48.8 Å². The Morgan fingerprint density at radius 1 is 0.880 bits per heavy atom. The summed E-state index contributed by atoms with van der Waals surface area (Å²) >= 11 is 0. The molecule has 126 valence electrons. The van der Waals surface area contributed by atoms with E-state index in [4.69, 9.17) is 0 Å². The van der Waals surface area contributed by atoms with Crippen molar-refractivity contribution in [3.05, 3.63) is 48.8 Å². The third kappa shape index (κ3) is 3.99. The Hall–Kier alpha value is -3.68. The standard InChI is InChI=1S/C17H15N5O3/c1-10(23)20-11-3-2-4-12(7-11)21-16(24)17(25)22-13-5-6-14-15(8-13)19-9-18-14/h2-9H,1H3,(H,18,19)(H,20,23)(H,21,24)(H,22,25). The number of amides is 3. The largest absolute Gasteiger partial charge is 0.345 e. The molecule has 3 amide bonds. The van der Waals surface area contributed by atoms with Gasteiger partial charge in [-0.15, -0.1) is 0 Å². The number of imidazole rings is 1. The first kappa shape index (κ1) is 16.2. The predicted octanol–water partition coefficient (Wildman–Crippen LogP) is 2.10. The molecule has 0 aliphatic carbocycles. The lowest BCUT2D eigenvalue weighted by Crippen LogP contribution is -2.29. The van der Waals surface area contributed by atoms with E-state index in [0.29, 0.717) is 17.1 Å². The number of anilines is 3. The van der Waals surface area contributed by atoms with Crippen molar-refractivity contribution in [3.63, 3.8) is 0 Å². The highest BCUT2D eigenvalue weighted by Crippen LogP contribution is 2.17. The molecule has 0 aliphatic heterocycles. The molecule has 0 saturated carbocycles. The Kier molecular flexibility index (Phi) is 4.42. The lowest BCUT2D eigenvalue weighted by atomic mass is 10.2. The number of aromatic amines is 1. The van der Waals surface area contributed by atoms with Crippen LogP contribution in [0.1, 0.15) is 6.92 Å². The lowest BCUT2D eigenvalue weighted by Gasteiger charge is -2.08. The van der Waals surface area contributed by atoms with Gasteiger partial charge in [0.1, 0.15) is 0 Å². The zero-order valence-corrected chi connectivity index (χ0v) is 13.3. The minimum absolute atomic E-state index is 0.226. The van der Waals surface area contributed by atoms with Crippen LogP contribution in [0, 0.1) is 0 Å². The summed E-state index contributed by atoms with van der Waals surface area (Å²) < 4.78 is 0. The average molecular weight is 337 g/mol. The van der Waals surface area contributed by atoms with Crippen LogP contribution >= 0.6 is 0 Å². The molecular weight excluding hydrogens is 322 g/mol. The van der Waals surface area contributed by atoms with Crippen LogP contribution < -0.4 is 16.0 Å². The molecule has 3 rings (SSSR count). The summed E-state index contributed by atoms with van der Waals surface area (Å²) in [7, 11) is 0. The van der Waals surface area contributed by atoms with E-state index in [0.717, 1.165) is 11.0 Å². The van der Waals surface area contributed by atoms with Crippen LogP contribution in [0.15, 0.2) is 48.8 Å². The van der Waals surface area contributed by atoms with Gasteiger partial charge in [-0.1, -0.05) is 6.07 Å². The van der Waals surface area contributed by atoms with Gasteiger partial charge in [0.15, 0.2) is 0 Å². The molecule has 0 saturated heterocycles. The van der Waals surface area contributed by atoms with Crippen LogP contribution in [-0.2, 0) is 14.4 Å². The number of hydrogen-bond acceptors (Lipinski definition) is 4. The molecule has 0 spiro atoms. The molecule has 8 heteroatoms. The minimum Gasteiger partial charge on any atom is -0.345 e. The number of nitrogens with one attached hydrogen (secondary N) is 4. The third-order valence-electron chi connectivity index (χ3n) is 3.33. The van der Waals surface area contributed by atoms with Gasteiger partial charge in [-0.05, 0) is 36.4 Å². The van der Waals surface area contributed by atoms with Gasteiger partial charge < -0.3 is 20.9 Å². The van der Waals surface area contributed by atoms with Gasteiger partial charge in [-0.2, -0.15) is 0 Å². The number of benzene rings is 2. The highest BCUT2D eigenvalue weighted by Gasteiger charge is 2.14. The fourth-order valence-corrected chi connectivity index (χ4v) is 2.27. The molecule has 0 atom stereocenters. The Labute approximate surface area is 142 Å². The second-order valence-corrected chi connectivity index (χ2v) is 5.30. The number of rotatable bonds is 3. The summed E-state index contributed by atoms with van der Waals surface area (Å²) in [5, 5.41) is 7.61. The topological polar surface area (TPSA) is 116 Å². The van der Waals surface area contributed by atoms with Crippen LogP contribution in [0.5, 0.6) is 0 Å². The number of carbonyl (C=O) groups excluding carboxylic acids is 3. The minimum atomic E-state index is -0.815. The molecule has 8 nitrogen and oxygen atoms in total. The van der Waals surface area contributed by atoms with Gasteiger partial charge in [0.05, 0.1) is 17.4 Å². The van der Waals surface area contributed by atoms with Crippen molar-refractivity contribution in [2.24, 2.45) is 0 Å². The monoisotopic (exact) mass is 337 g/mol. The number of hydrogen-bond donors (Lipinski definition) is 4. The van der Waals surface area contributed by atoms with Crippen molar-refractivity contribution in [2.75, 3.05) is 16.0 Å². The van der Waals surface area contributed by atoms with Crippen molar-refractivity contribution in [3.8, 4) is 0 Å². The number of carbonyl (C=O) groups is 3. The zero-order chi connectivity index (χ0) is 17.8. The van der Waals surface area contributed by atoms with E-state index >= 15 is 0 Å². The molecular formula is C17H15N5O3. The van der Waals surface area contributed by atoms with E-state index in [9.17, 15) is 14.4 Å². The number of aromatic nitrogens is 2. The molecule has 2 aromatic carbocycles. The summed E-state index contributed by atoms with van der Waals surface area (Å²) in [6.07, 6.45) is 1.55. The fraction of sp³-hybridized carbons (Fsp3) is 0.0588. The maximum Gasteiger partial charge on any atom is 0.314 e. The lowest BCUT2D eigenvalue weighted by molar-refractivity contribution is -0.132. The molecule has 25 heavy (non-hydrogen) atoms. The SMILES string of the molecule is CC(=O)Nc1cccc(NC(=O)C(=O)Nc2ccc3nc[nH]c3c2)c1. The first-order chi connectivity index (χ1) is 12.0. The average Bonchev–Trinajstić information content (AvgIpc) is 3.02. The number of nitrogens with zero attached hydrogens (tertiary/aromatic N) is 1. The third-order valence-corrected chi connectivity index (χ3v) is 3.33. The van der Waals surface area contributed by atoms with Crippen molar-refractivity contribution >= 4 is 45.8 Å². The van der Waals surface area contributed by atoms with Gasteiger partial charge in [0, 0.05) is 24.0 Å². The van der Waals surface area contributed by atoms with Gasteiger partial charge >= 0.3 is 11.8 Å². The van der Waals surface area contributed by atoms with Gasteiger partial charge in [-0.3, -0.25) is 14.4 Å². The smallest absolute Gasteiger partial charge is 0.314 e. The van der Waals surface area contributed by atoms with E-state index in [1.165, 1.54) is 6.92 Å². The van der Waals surface area contributed by atoms with Gasteiger partial charge in [0.25, 0.3) is 0 Å². The number of fused-ring (bicyclic) bond motifs is 1. The van der Waals surface area contributed by atoms with E-state index in [1.807, 2.05) is 0 Å². The second kappa shape index (κ2) is 6.83. The normalized spacial score (nSPS) is 10.3. The summed E-state index contributed by atoms with van der Waals surface area (Å²) in [5.41, 5.74) is 2.91. The van der Waals surface area contributed by atoms with Gasteiger partial charge in [-0.25, -0.2) is 4.98 Å². The molecule has 4 N–H and O–H groups in total. The van der Waals surface area contributed by atoms with Crippen LogP contribution in [0.25, 0.3) is 11.0 Å². The molecule has 3 aromatic rings. The van der Waals surface area contributed by atoms with E-state index in [-0.39, 0.29) is 5.91 Å². The molecule has 1 heterocycles.